The van der Waals surface area contributed by atoms with E-state index in [-0.39, 0.29) is 11.8 Å². The highest BCUT2D eigenvalue weighted by molar-refractivity contribution is 5.92. The second-order valence-electron chi connectivity index (χ2n) is 5.43. The molecule has 0 aromatic carbocycles. The molecular weight excluding hydrogens is 212 g/mol. The highest BCUT2D eigenvalue weighted by Gasteiger charge is 2.43. The zero-order chi connectivity index (χ0) is 11.8. The van der Waals surface area contributed by atoms with E-state index in [1.54, 1.807) is 0 Å². The monoisotopic (exact) mass is 230 g/mol. The molecule has 90 valence electrons. The molecule has 1 heterocycles. The minimum absolute atomic E-state index is 0.176. The van der Waals surface area contributed by atoms with Gasteiger partial charge in [0.25, 0.3) is 0 Å². The molecule has 17 heavy (non-hydrogen) atoms. The van der Waals surface area contributed by atoms with E-state index in [0.717, 1.165) is 18.0 Å². The van der Waals surface area contributed by atoms with E-state index < -0.39 is 0 Å². The van der Waals surface area contributed by atoms with E-state index >= 15 is 0 Å². The molecule has 0 saturated heterocycles. The number of carbonyl (C=O) groups excluding carboxylic acids is 1. The van der Waals surface area contributed by atoms with Gasteiger partial charge in [0.05, 0.1) is 0 Å². The smallest absolute Gasteiger partial charge is 0.228 e. The zero-order valence-corrected chi connectivity index (χ0v) is 10.1. The Morgan fingerprint density at radius 2 is 2.24 bits per heavy atom. The summed E-state index contributed by atoms with van der Waals surface area (Å²) in [5, 5.41) is 2.96. The third-order valence-electron chi connectivity index (χ3n) is 4.21. The number of carbonyl (C=O) groups is 1. The molecule has 3 nitrogen and oxygen atoms in total. The standard InChI is InChI=1S/C14H18N2O/c1-9-3-2-4-13(15-9)16-14(17)12-8-10-5-6-11(12)7-10/h2-4,10-12H,5-8H2,1H3,(H,15,16,17)/t10-,11+,12+/m0/s1. The van der Waals surface area contributed by atoms with E-state index in [1.807, 2.05) is 25.1 Å². The van der Waals surface area contributed by atoms with Gasteiger partial charge in [-0.15, -0.1) is 0 Å². The number of pyridine rings is 1. The summed E-state index contributed by atoms with van der Waals surface area (Å²) < 4.78 is 0. The summed E-state index contributed by atoms with van der Waals surface area (Å²) in [6.07, 6.45) is 4.92. The van der Waals surface area contributed by atoms with Crippen LogP contribution in [0.3, 0.4) is 0 Å². The van der Waals surface area contributed by atoms with Crippen LogP contribution in [-0.4, -0.2) is 10.9 Å². The molecule has 3 heteroatoms. The molecule has 2 fully saturated rings. The molecule has 2 aliphatic rings. The van der Waals surface area contributed by atoms with Crippen LogP contribution >= 0.6 is 0 Å². The predicted molar refractivity (Wildman–Crippen MR) is 66.5 cm³/mol. The quantitative estimate of drug-likeness (QED) is 0.848. The Hall–Kier alpha value is -1.38. The molecule has 0 spiro atoms. The SMILES string of the molecule is Cc1cccc(NC(=O)[C@@H]2C[C@H]3CC[C@@H]2C3)n1. The lowest BCUT2D eigenvalue weighted by molar-refractivity contribution is -0.121. The second kappa shape index (κ2) is 4.13. The Bertz CT molecular complexity index is 444. The summed E-state index contributed by atoms with van der Waals surface area (Å²) in [5.41, 5.74) is 0.941. The molecule has 2 bridgehead atoms. The average Bonchev–Trinajstić information content (AvgIpc) is 2.90. The van der Waals surface area contributed by atoms with Gasteiger partial charge in [-0.3, -0.25) is 4.79 Å². The van der Waals surface area contributed by atoms with Gasteiger partial charge in [-0.1, -0.05) is 12.5 Å². The molecule has 1 amide bonds. The van der Waals surface area contributed by atoms with Gasteiger partial charge >= 0.3 is 0 Å². The van der Waals surface area contributed by atoms with Crippen molar-refractivity contribution in [3.63, 3.8) is 0 Å². The average molecular weight is 230 g/mol. The minimum atomic E-state index is 0.176. The van der Waals surface area contributed by atoms with Crippen molar-refractivity contribution in [3.8, 4) is 0 Å². The number of aryl methyl sites for hydroxylation is 1. The third-order valence-corrected chi connectivity index (χ3v) is 4.21. The van der Waals surface area contributed by atoms with E-state index in [0.29, 0.717) is 11.7 Å². The van der Waals surface area contributed by atoms with Crippen molar-refractivity contribution in [3.05, 3.63) is 23.9 Å². The summed E-state index contributed by atoms with van der Waals surface area (Å²) in [6, 6.07) is 5.73. The molecule has 3 rings (SSSR count). The van der Waals surface area contributed by atoms with E-state index in [2.05, 4.69) is 10.3 Å². The van der Waals surface area contributed by atoms with Crippen molar-refractivity contribution in [2.45, 2.75) is 32.6 Å². The molecule has 2 aliphatic carbocycles. The van der Waals surface area contributed by atoms with Gasteiger partial charge in [0, 0.05) is 11.6 Å². The maximum Gasteiger partial charge on any atom is 0.228 e. The number of nitrogens with zero attached hydrogens (tertiary/aromatic N) is 1. The Balaban J connectivity index is 1.68. The van der Waals surface area contributed by atoms with Crippen LogP contribution in [0.5, 0.6) is 0 Å². The van der Waals surface area contributed by atoms with Crippen molar-refractivity contribution >= 4 is 11.7 Å². The molecule has 1 N–H and O–H groups in total. The summed E-state index contributed by atoms with van der Waals surface area (Å²) in [7, 11) is 0. The highest BCUT2D eigenvalue weighted by atomic mass is 16.2. The van der Waals surface area contributed by atoms with Gasteiger partial charge in [-0.2, -0.15) is 0 Å². The van der Waals surface area contributed by atoms with Crippen LogP contribution in [0.4, 0.5) is 5.82 Å². The summed E-state index contributed by atoms with van der Waals surface area (Å²) in [5.74, 6) is 2.54. The fourth-order valence-electron chi connectivity index (χ4n) is 3.40. The lowest BCUT2D eigenvalue weighted by atomic mass is 9.88. The highest BCUT2D eigenvalue weighted by Crippen LogP contribution is 2.48. The summed E-state index contributed by atoms with van der Waals surface area (Å²) >= 11 is 0. The van der Waals surface area contributed by atoms with Crippen LogP contribution in [-0.2, 0) is 4.79 Å². The Kier molecular flexibility index (Phi) is 2.61. The maximum absolute atomic E-state index is 12.2. The van der Waals surface area contributed by atoms with Crippen molar-refractivity contribution < 1.29 is 4.79 Å². The van der Waals surface area contributed by atoms with Crippen molar-refractivity contribution in [1.82, 2.24) is 4.98 Å². The number of nitrogens with one attached hydrogen (secondary N) is 1. The molecule has 2 saturated carbocycles. The van der Waals surface area contributed by atoms with Crippen LogP contribution in [0.15, 0.2) is 18.2 Å². The van der Waals surface area contributed by atoms with Crippen molar-refractivity contribution in [2.24, 2.45) is 17.8 Å². The largest absolute Gasteiger partial charge is 0.310 e. The fraction of sp³-hybridized carbons (Fsp3) is 0.571. The molecule has 0 radical (unpaired) electrons. The lowest BCUT2D eigenvalue weighted by Crippen LogP contribution is -2.27. The van der Waals surface area contributed by atoms with Crippen LogP contribution in [0.25, 0.3) is 0 Å². The number of fused-ring (bicyclic) bond motifs is 2. The van der Waals surface area contributed by atoms with E-state index in [9.17, 15) is 4.79 Å². The number of hydrogen-bond donors (Lipinski definition) is 1. The fourth-order valence-corrected chi connectivity index (χ4v) is 3.40. The number of rotatable bonds is 2. The predicted octanol–water partition coefficient (Wildman–Crippen LogP) is 2.76. The molecular formula is C14H18N2O. The van der Waals surface area contributed by atoms with E-state index in [4.69, 9.17) is 0 Å². The maximum atomic E-state index is 12.2. The summed E-state index contributed by atoms with van der Waals surface area (Å²) in [4.78, 5) is 16.5. The van der Waals surface area contributed by atoms with Gasteiger partial charge in [0.2, 0.25) is 5.91 Å². The first kappa shape index (κ1) is 10.8. The van der Waals surface area contributed by atoms with Gasteiger partial charge < -0.3 is 5.32 Å². The first-order valence-electron chi connectivity index (χ1n) is 6.47. The van der Waals surface area contributed by atoms with Crippen LogP contribution in [0.2, 0.25) is 0 Å². The normalized spacial score (nSPS) is 30.5. The minimum Gasteiger partial charge on any atom is -0.310 e. The Morgan fingerprint density at radius 1 is 1.35 bits per heavy atom. The number of anilines is 1. The van der Waals surface area contributed by atoms with Gasteiger partial charge in [0.1, 0.15) is 5.82 Å². The van der Waals surface area contributed by atoms with Crippen LogP contribution < -0.4 is 5.32 Å². The Morgan fingerprint density at radius 3 is 2.88 bits per heavy atom. The Labute approximate surface area is 102 Å². The lowest BCUT2D eigenvalue weighted by Gasteiger charge is -2.20. The topological polar surface area (TPSA) is 42.0 Å². The third kappa shape index (κ3) is 2.06. The van der Waals surface area contributed by atoms with E-state index in [1.165, 1.54) is 19.3 Å². The van der Waals surface area contributed by atoms with Gasteiger partial charge in [0.15, 0.2) is 0 Å². The first-order chi connectivity index (χ1) is 8.22. The van der Waals surface area contributed by atoms with Crippen LogP contribution in [0, 0.1) is 24.7 Å². The summed E-state index contributed by atoms with van der Waals surface area (Å²) in [6.45, 7) is 1.94. The van der Waals surface area contributed by atoms with Gasteiger partial charge in [-0.05, 0) is 50.2 Å². The first-order valence-corrected chi connectivity index (χ1v) is 6.47. The molecule has 1 aromatic rings. The molecule has 0 aliphatic heterocycles. The number of amides is 1. The van der Waals surface area contributed by atoms with Crippen LogP contribution in [0.1, 0.15) is 31.4 Å². The van der Waals surface area contributed by atoms with Crippen molar-refractivity contribution in [1.29, 1.82) is 0 Å². The van der Waals surface area contributed by atoms with Gasteiger partial charge in [-0.25, -0.2) is 4.98 Å². The van der Waals surface area contributed by atoms with Crippen molar-refractivity contribution in [2.75, 3.05) is 5.32 Å². The molecule has 1 aromatic heterocycles. The molecule has 3 atom stereocenters. The number of hydrogen-bond acceptors (Lipinski definition) is 2. The molecule has 0 unspecified atom stereocenters. The second-order valence-corrected chi connectivity index (χ2v) is 5.43. The number of aromatic nitrogens is 1. The zero-order valence-electron chi connectivity index (χ0n) is 10.1.